The fourth-order valence-electron chi connectivity index (χ4n) is 3.72. The van der Waals surface area contributed by atoms with Crippen LogP contribution in [-0.2, 0) is 0 Å². The van der Waals surface area contributed by atoms with Gasteiger partial charge in [-0.2, -0.15) is 0 Å². The summed E-state index contributed by atoms with van der Waals surface area (Å²) in [5, 5.41) is 0. The maximum absolute atomic E-state index is 13.0. The van der Waals surface area contributed by atoms with Crippen LogP contribution in [0.25, 0.3) is 5.69 Å². The van der Waals surface area contributed by atoms with Crippen LogP contribution in [0.4, 0.5) is 4.79 Å². The molecule has 2 amide bonds. The first-order chi connectivity index (χ1) is 13.1. The van der Waals surface area contributed by atoms with E-state index in [2.05, 4.69) is 55.2 Å². The number of rotatable bonds is 5. The predicted molar refractivity (Wildman–Crippen MR) is 106 cm³/mol. The Morgan fingerprint density at radius 3 is 2.00 bits per heavy atom. The van der Waals surface area contributed by atoms with Gasteiger partial charge < -0.3 is 14.4 Å². The molecule has 1 saturated heterocycles. The molecule has 5 nitrogen and oxygen atoms in total. The van der Waals surface area contributed by atoms with E-state index in [0.717, 1.165) is 24.3 Å². The minimum atomic E-state index is 0.0438. The quantitative estimate of drug-likeness (QED) is 0.675. The summed E-state index contributed by atoms with van der Waals surface area (Å²) in [4.78, 5) is 21.0. The monoisotopic (exact) mass is 360 g/mol. The van der Waals surface area contributed by atoms with Crippen molar-refractivity contribution in [3.8, 4) is 5.69 Å². The molecule has 1 aromatic heterocycles. The maximum atomic E-state index is 13.0. The molecule has 0 bridgehead atoms. The van der Waals surface area contributed by atoms with E-state index in [4.69, 9.17) is 0 Å². The number of benzene rings is 2. The molecular formula is C22H24N4O. The van der Waals surface area contributed by atoms with E-state index in [1.54, 1.807) is 12.5 Å². The van der Waals surface area contributed by atoms with E-state index in [9.17, 15) is 4.79 Å². The largest absolute Gasteiger partial charge is 0.321 e. The van der Waals surface area contributed by atoms with Crippen molar-refractivity contribution in [1.82, 2.24) is 19.4 Å². The first-order valence-corrected chi connectivity index (χ1v) is 9.35. The number of amides is 2. The lowest BCUT2D eigenvalue weighted by molar-refractivity contribution is 0.170. The Morgan fingerprint density at radius 1 is 0.852 bits per heavy atom. The number of carbonyl (C=O) groups excluding carboxylic acids is 1. The van der Waals surface area contributed by atoms with Gasteiger partial charge in [0.05, 0.1) is 18.4 Å². The predicted octanol–water partition coefficient (Wildman–Crippen LogP) is 4.43. The number of hydrogen-bond acceptors (Lipinski definition) is 2. The average molecular weight is 360 g/mol. The van der Waals surface area contributed by atoms with Crippen LogP contribution in [0.1, 0.15) is 37.1 Å². The molecule has 0 aliphatic carbocycles. The smallest absolute Gasteiger partial charge is 0.316 e. The second-order valence-corrected chi connectivity index (χ2v) is 6.99. The molecule has 138 valence electrons. The van der Waals surface area contributed by atoms with Gasteiger partial charge in [-0.3, -0.25) is 0 Å². The second kappa shape index (κ2) is 7.27. The highest BCUT2D eigenvalue weighted by Crippen LogP contribution is 2.30. The van der Waals surface area contributed by atoms with Crippen LogP contribution >= 0.6 is 0 Å². The van der Waals surface area contributed by atoms with Crippen LogP contribution in [0.5, 0.6) is 0 Å². The minimum absolute atomic E-state index is 0.0438. The van der Waals surface area contributed by atoms with Gasteiger partial charge in [0.1, 0.15) is 0 Å². The van der Waals surface area contributed by atoms with Gasteiger partial charge in [0.15, 0.2) is 0 Å². The molecule has 2 heterocycles. The molecule has 2 atom stereocenters. The van der Waals surface area contributed by atoms with E-state index in [1.807, 2.05) is 38.8 Å². The molecule has 1 aliphatic heterocycles. The van der Waals surface area contributed by atoms with Gasteiger partial charge >= 0.3 is 6.03 Å². The number of imidazole rings is 1. The standard InChI is InChI=1S/C22H24N4O/c1-17(19-6-4-3-5-7-19)25-14-15-26(22(25)27)18(2)20-8-10-21(11-9-20)24-13-12-23-16-24/h3-13,16-18H,14-15H2,1-2H3/t17-,18-/m0/s1. The van der Waals surface area contributed by atoms with Crippen LogP contribution in [0.15, 0.2) is 73.3 Å². The van der Waals surface area contributed by atoms with Crippen molar-refractivity contribution in [2.45, 2.75) is 25.9 Å². The second-order valence-electron chi connectivity index (χ2n) is 6.99. The first kappa shape index (κ1) is 17.3. The summed E-state index contributed by atoms with van der Waals surface area (Å²) in [7, 11) is 0. The molecule has 3 aromatic rings. The van der Waals surface area contributed by atoms with Crippen molar-refractivity contribution in [1.29, 1.82) is 0 Å². The molecule has 0 N–H and O–H groups in total. The van der Waals surface area contributed by atoms with Crippen LogP contribution in [-0.4, -0.2) is 38.5 Å². The van der Waals surface area contributed by atoms with Crippen molar-refractivity contribution in [2.75, 3.05) is 13.1 Å². The summed E-state index contributed by atoms with van der Waals surface area (Å²) in [6.07, 6.45) is 5.47. The zero-order valence-electron chi connectivity index (χ0n) is 15.7. The summed E-state index contributed by atoms with van der Waals surface area (Å²) >= 11 is 0. The average Bonchev–Trinajstić information content (AvgIpc) is 3.38. The highest BCUT2D eigenvalue weighted by atomic mass is 16.2. The Hall–Kier alpha value is -3.08. The zero-order valence-corrected chi connectivity index (χ0v) is 15.7. The number of nitrogens with zero attached hydrogens (tertiary/aromatic N) is 4. The molecule has 0 radical (unpaired) electrons. The lowest BCUT2D eigenvalue weighted by atomic mass is 10.1. The van der Waals surface area contributed by atoms with Crippen molar-refractivity contribution < 1.29 is 4.79 Å². The van der Waals surface area contributed by atoms with Crippen LogP contribution in [0.3, 0.4) is 0 Å². The summed E-state index contributed by atoms with van der Waals surface area (Å²) in [6.45, 7) is 5.70. The number of aromatic nitrogens is 2. The molecular weight excluding hydrogens is 336 g/mol. The molecule has 5 heteroatoms. The highest BCUT2D eigenvalue weighted by molar-refractivity contribution is 5.77. The maximum Gasteiger partial charge on any atom is 0.321 e. The Balaban J connectivity index is 1.48. The van der Waals surface area contributed by atoms with Crippen LogP contribution < -0.4 is 0 Å². The normalized spacial score (nSPS) is 16.6. The van der Waals surface area contributed by atoms with Crippen molar-refractivity contribution in [3.63, 3.8) is 0 Å². The van der Waals surface area contributed by atoms with Crippen LogP contribution in [0, 0.1) is 0 Å². The van der Waals surface area contributed by atoms with Crippen molar-refractivity contribution in [2.24, 2.45) is 0 Å². The van der Waals surface area contributed by atoms with Gasteiger partial charge in [-0.25, -0.2) is 9.78 Å². The zero-order chi connectivity index (χ0) is 18.8. The van der Waals surface area contributed by atoms with Gasteiger partial charge in [-0.05, 0) is 37.1 Å². The highest BCUT2D eigenvalue weighted by Gasteiger charge is 2.35. The van der Waals surface area contributed by atoms with Gasteiger partial charge in [-0.1, -0.05) is 42.5 Å². The fourth-order valence-corrected chi connectivity index (χ4v) is 3.72. The summed E-state index contributed by atoms with van der Waals surface area (Å²) < 4.78 is 1.97. The molecule has 0 spiro atoms. The molecule has 2 aromatic carbocycles. The number of urea groups is 1. The van der Waals surface area contributed by atoms with Gasteiger partial charge in [0.2, 0.25) is 0 Å². The Labute approximate surface area is 159 Å². The van der Waals surface area contributed by atoms with E-state index in [1.165, 1.54) is 5.56 Å². The van der Waals surface area contributed by atoms with Gasteiger partial charge in [0.25, 0.3) is 0 Å². The SMILES string of the molecule is C[C@@H](c1ccccc1)N1CCN([C@@H](C)c2ccc(-n3ccnc3)cc2)C1=O. The molecule has 27 heavy (non-hydrogen) atoms. The molecule has 1 fully saturated rings. The van der Waals surface area contributed by atoms with Crippen molar-refractivity contribution in [3.05, 3.63) is 84.4 Å². The molecule has 1 aliphatic rings. The van der Waals surface area contributed by atoms with Gasteiger partial charge in [0, 0.05) is 31.2 Å². The lowest BCUT2D eigenvalue weighted by Crippen LogP contribution is -2.35. The summed E-state index contributed by atoms with van der Waals surface area (Å²) in [5.74, 6) is 0. The third-order valence-electron chi connectivity index (χ3n) is 5.47. The van der Waals surface area contributed by atoms with Gasteiger partial charge in [-0.15, -0.1) is 0 Å². The lowest BCUT2D eigenvalue weighted by Gasteiger charge is -2.28. The summed E-state index contributed by atoms with van der Waals surface area (Å²) in [6, 6.07) is 18.8. The van der Waals surface area contributed by atoms with Crippen molar-refractivity contribution >= 4 is 6.03 Å². The van der Waals surface area contributed by atoms with E-state index in [0.29, 0.717) is 0 Å². The Morgan fingerprint density at radius 2 is 1.44 bits per heavy atom. The fraction of sp³-hybridized carbons (Fsp3) is 0.273. The molecule has 0 unspecified atom stereocenters. The number of hydrogen-bond donors (Lipinski definition) is 0. The third kappa shape index (κ3) is 3.33. The molecule has 0 saturated carbocycles. The topological polar surface area (TPSA) is 41.4 Å². The summed E-state index contributed by atoms with van der Waals surface area (Å²) in [5.41, 5.74) is 3.38. The Kier molecular flexibility index (Phi) is 4.67. The Bertz CT molecular complexity index is 890. The first-order valence-electron chi connectivity index (χ1n) is 9.35. The third-order valence-corrected chi connectivity index (χ3v) is 5.47. The van der Waals surface area contributed by atoms with E-state index in [-0.39, 0.29) is 18.1 Å². The number of carbonyl (C=O) groups is 1. The molecule has 4 rings (SSSR count). The van der Waals surface area contributed by atoms with E-state index < -0.39 is 0 Å². The van der Waals surface area contributed by atoms with E-state index >= 15 is 0 Å². The van der Waals surface area contributed by atoms with Crippen LogP contribution in [0.2, 0.25) is 0 Å². The minimum Gasteiger partial charge on any atom is -0.316 e.